The Hall–Kier alpha value is -3.00. The molecule has 0 bridgehead atoms. The zero-order valence-corrected chi connectivity index (χ0v) is 14.3. The summed E-state index contributed by atoms with van der Waals surface area (Å²) in [5.41, 5.74) is 3.53. The summed E-state index contributed by atoms with van der Waals surface area (Å²) in [5, 5.41) is 13.7. The lowest BCUT2D eigenvalue weighted by atomic mass is 10.0. The topological polar surface area (TPSA) is 96.5 Å². The fourth-order valence-electron chi connectivity index (χ4n) is 2.80. The fraction of sp³-hybridized carbons (Fsp3) is 0.294. The van der Waals surface area contributed by atoms with Crippen LogP contribution in [-0.4, -0.2) is 38.5 Å². The van der Waals surface area contributed by atoms with Gasteiger partial charge in [0.2, 0.25) is 0 Å². The molecule has 0 radical (unpaired) electrons. The first-order chi connectivity index (χ1) is 11.9. The molecule has 0 saturated carbocycles. The zero-order chi connectivity index (χ0) is 18.1. The van der Waals surface area contributed by atoms with Crippen LogP contribution in [0.4, 0.5) is 5.69 Å². The molecular formula is C17H19N5O3. The molecule has 25 heavy (non-hydrogen) atoms. The Bertz CT molecular complexity index is 986. The highest BCUT2D eigenvalue weighted by Gasteiger charge is 2.15. The molecule has 3 rings (SSSR count). The number of nitro groups is 1. The molecular weight excluding hydrogens is 322 g/mol. The van der Waals surface area contributed by atoms with Crippen molar-refractivity contribution in [3.63, 3.8) is 0 Å². The molecule has 2 aromatic heterocycles. The van der Waals surface area contributed by atoms with E-state index < -0.39 is 4.92 Å². The molecule has 3 aromatic rings. The van der Waals surface area contributed by atoms with Crippen molar-refractivity contribution in [2.75, 3.05) is 14.1 Å². The predicted molar refractivity (Wildman–Crippen MR) is 93.8 cm³/mol. The van der Waals surface area contributed by atoms with E-state index in [1.807, 2.05) is 25.9 Å². The number of non-ortho nitro benzene ring substituents is 1. The Morgan fingerprint density at radius 1 is 1.28 bits per heavy atom. The highest BCUT2D eigenvalue weighted by molar-refractivity contribution is 5.48. The standard InChI is InChI=1S/C17H19N5O3/c1-11-15(8-12-4-6-14(7-5-12)22(24)25)17(23)21-16(19-11)13(9-18-21)10-20(2)3/h4-7,9,18H,8,10H2,1-3H3. The van der Waals surface area contributed by atoms with Gasteiger partial charge >= 0.3 is 0 Å². The summed E-state index contributed by atoms with van der Waals surface area (Å²) in [7, 11) is 3.91. The lowest BCUT2D eigenvalue weighted by Gasteiger charge is -2.09. The van der Waals surface area contributed by atoms with Crippen LogP contribution in [0.5, 0.6) is 0 Å². The van der Waals surface area contributed by atoms with Crippen molar-refractivity contribution in [1.29, 1.82) is 0 Å². The van der Waals surface area contributed by atoms with Crippen molar-refractivity contribution >= 4 is 11.3 Å². The van der Waals surface area contributed by atoms with E-state index in [1.54, 1.807) is 18.3 Å². The average Bonchev–Trinajstić information content (AvgIpc) is 2.94. The van der Waals surface area contributed by atoms with Gasteiger partial charge in [0, 0.05) is 48.1 Å². The van der Waals surface area contributed by atoms with Gasteiger partial charge in [0.1, 0.15) is 0 Å². The number of nitrogens with zero attached hydrogens (tertiary/aromatic N) is 4. The molecule has 8 heteroatoms. The van der Waals surface area contributed by atoms with Crippen LogP contribution >= 0.6 is 0 Å². The number of hydrogen-bond donors (Lipinski definition) is 1. The summed E-state index contributed by atoms with van der Waals surface area (Å²) in [6.07, 6.45) is 2.17. The third kappa shape index (κ3) is 3.29. The molecule has 0 saturated heterocycles. The largest absolute Gasteiger partial charge is 0.305 e. The molecule has 0 aliphatic rings. The Morgan fingerprint density at radius 3 is 2.56 bits per heavy atom. The van der Waals surface area contributed by atoms with Crippen LogP contribution in [0.3, 0.4) is 0 Å². The molecule has 1 N–H and O–H groups in total. The van der Waals surface area contributed by atoms with E-state index in [0.717, 1.165) is 11.1 Å². The number of H-pyrrole nitrogens is 1. The Kier molecular flexibility index (Phi) is 4.37. The van der Waals surface area contributed by atoms with Crippen LogP contribution in [0.2, 0.25) is 0 Å². The number of benzene rings is 1. The number of nitro benzene ring substituents is 1. The van der Waals surface area contributed by atoms with Gasteiger partial charge in [-0.3, -0.25) is 20.0 Å². The first kappa shape index (κ1) is 16.8. The second-order valence-electron chi connectivity index (χ2n) is 6.28. The predicted octanol–water partition coefficient (Wildman–Crippen LogP) is 1.89. The summed E-state index contributed by atoms with van der Waals surface area (Å²) in [5.74, 6) is 0. The summed E-state index contributed by atoms with van der Waals surface area (Å²) in [6.45, 7) is 2.50. The van der Waals surface area contributed by atoms with Gasteiger partial charge in [-0.25, -0.2) is 9.50 Å². The maximum atomic E-state index is 12.8. The van der Waals surface area contributed by atoms with E-state index in [9.17, 15) is 14.9 Å². The first-order valence-electron chi connectivity index (χ1n) is 7.83. The molecule has 0 amide bonds. The molecule has 0 unspecified atom stereocenters. The second-order valence-corrected chi connectivity index (χ2v) is 6.28. The van der Waals surface area contributed by atoms with E-state index >= 15 is 0 Å². The monoisotopic (exact) mass is 341 g/mol. The molecule has 0 fully saturated rings. The maximum absolute atomic E-state index is 12.8. The summed E-state index contributed by atoms with van der Waals surface area (Å²) < 4.78 is 1.45. The van der Waals surface area contributed by atoms with Crippen LogP contribution in [0, 0.1) is 17.0 Å². The van der Waals surface area contributed by atoms with Crippen molar-refractivity contribution in [1.82, 2.24) is 19.5 Å². The van der Waals surface area contributed by atoms with Gasteiger partial charge in [-0.1, -0.05) is 12.1 Å². The summed E-state index contributed by atoms with van der Waals surface area (Å²) in [4.78, 5) is 29.7. The number of nitrogens with one attached hydrogen (secondary N) is 1. The van der Waals surface area contributed by atoms with Gasteiger partial charge in [-0.15, -0.1) is 0 Å². The molecule has 0 aliphatic heterocycles. The van der Waals surface area contributed by atoms with E-state index in [2.05, 4.69) is 10.1 Å². The number of aromatic amines is 1. The van der Waals surface area contributed by atoms with Crippen molar-refractivity contribution in [2.24, 2.45) is 0 Å². The lowest BCUT2D eigenvalue weighted by molar-refractivity contribution is -0.384. The number of fused-ring (bicyclic) bond motifs is 1. The van der Waals surface area contributed by atoms with Gasteiger partial charge in [-0.2, -0.15) is 0 Å². The third-order valence-electron chi connectivity index (χ3n) is 4.05. The average molecular weight is 341 g/mol. The van der Waals surface area contributed by atoms with Crippen molar-refractivity contribution in [3.8, 4) is 0 Å². The maximum Gasteiger partial charge on any atom is 0.276 e. The number of aryl methyl sites for hydroxylation is 1. The van der Waals surface area contributed by atoms with Crippen molar-refractivity contribution in [2.45, 2.75) is 19.9 Å². The minimum atomic E-state index is -0.442. The molecule has 2 heterocycles. The van der Waals surface area contributed by atoms with Crippen LogP contribution in [0.1, 0.15) is 22.4 Å². The normalized spacial score (nSPS) is 11.4. The molecule has 1 aromatic carbocycles. The molecule has 0 atom stereocenters. The van der Waals surface area contributed by atoms with Gasteiger partial charge in [0.15, 0.2) is 5.65 Å². The highest BCUT2D eigenvalue weighted by atomic mass is 16.6. The summed E-state index contributed by atoms with van der Waals surface area (Å²) >= 11 is 0. The van der Waals surface area contributed by atoms with E-state index in [0.29, 0.717) is 29.9 Å². The van der Waals surface area contributed by atoms with Gasteiger partial charge in [0.25, 0.3) is 11.2 Å². The first-order valence-corrected chi connectivity index (χ1v) is 7.83. The smallest absolute Gasteiger partial charge is 0.276 e. The molecule has 0 aliphatic carbocycles. The van der Waals surface area contributed by atoms with E-state index in [-0.39, 0.29) is 11.2 Å². The van der Waals surface area contributed by atoms with Crippen LogP contribution < -0.4 is 5.56 Å². The highest BCUT2D eigenvalue weighted by Crippen LogP contribution is 2.16. The minimum Gasteiger partial charge on any atom is -0.305 e. The van der Waals surface area contributed by atoms with Crippen molar-refractivity contribution in [3.05, 3.63) is 73.3 Å². The number of aromatic nitrogens is 3. The van der Waals surface area contributed by atoms with Gasteiger partial charge in [-0.05, 0) is 26.6 Å². The minimum absolute atomic E-state index is 0.0310. The Morgan fingerprint density at radius 2 is 1.96 bits per heavy atom. The molecule has 8 nitrogen and oxygen atoms in total. The van der Waals surface area contributed by atoms with E-state index in [4.69, 9.17) is 0 Å². The lowest BCUT2D eigenvalue weighted by Crippen LogP contribution is -2.22. The quantitative estimate of drug-likeness (QED) is 0.565. The number of rotatable bonds is 5. The van der Waals surface area contributed by atoms with Crippen LogP contribution in [0.15, 0.2) is 35.3 Å². The SMILES string of the molecule is Cc1nc2c(CN(C)C)c[nH]n2c(=O)c1Cc1ccc([N+](=O)[O-])cc1. The molecule has 0 spiro atoms. The van der Waals surface area contributed by atoms with Gasteiger partial charge < -0.3 is 4.90 Å². The van der Waals surface area contributed by atoms with Crippen LogP contribution in [0.25, 0.3) is 5.65 Å². The third-order valence-corrected chi connectivity index (χ3v) is 4.05. The van der Waals surface area contributed by atoms with Crippen molar-refractivity contribution < 1.29 is 4.92 Å². The number of hydrogen-bond acceptors (Lipinski definition) is 5. The second kappa shape index (κ2) is 6.48. The van der Waals surface area contributed by atoms with Gasteiger partial charge in [0.05, 0.1) is 4.92 Å². The summed E-state index contributed by atoms with van der Waals surface area (Å²) in [6, 6.07) is 6.21. The molecule has 130 valence electrons. The Balaban J connectivity index is 1.99. The Labute approximate surface area is 143 Å². The van der Waals surface area contributed by atoms with Crippen LogP contribution in [-0.2, 0) is 13.0 Å². The zero-order valence-electron chi connectivity index (χ0n) is 14.3. The fourth-order valence-corrected chi connectivity index (χ4v) is 2.80. The van der Waals surface area contributed by atoms with E-state index in [1.165, 1.54) is 16.6 Å².